The Morgan fingerprint density at radius 3 is 2.05 bits per heavy atom. The third kappa shape index (κ3) is 4.36. The lowest BCUT2D eigenvalue weighted by Gasteiger charge is -2.47. The summed E-state index contributed by atoms with van der Waals surface area (Å²) >= 11 is 0. The SMILES string of the molecule is O=C(Cc1cc(F)c(F)cc1F)C1CC2COCC(C1)N2C(=O)OCC1c2ccccc2-c2ccccc21. The van der Waals surface area contributed by atoms with Gasteiger partial charge in [-0.3, -0.25) is 9.69 Å². The van der Waals surface area contributed by atoms with Crippen LogP contribution in [-0.2, 0) is 20.7 Å². The molecule has 8 heteroatoms. The molecule has 0 radical (unpaired) electrons. The zero-order chi connectivity index (χ0) is 26.4. The lowest BCUT2D eigenvalue weighted by atomic mass is 9.81. The molecule has 38 heavy (non-hydrogen) atoms. The highest BCUT2D eigenvalue weighted by Gasteiger charge is 2.44. The highest BCUT2D eigenvalue weighted by molar-refractivity contribution is 5.84. The summed E-state index contributed by atoms with van der Waals surface area (Å²) in [6.07, 6.45) is -0.100. The Hall–Kier alpha value is -3.65. The van der Waals surface area contributed by atoms with Crippen LogP contribution in [0.5, 0.6) is 0 Å². The maximum absolute atomic E-state index is 14.1. The molecule has 0 aromatic heterocycles. The lowest BCUT2D eigenvalue weighted by Crippen LogP contribution is -2.60. The number of amides is 1. The summed E-state index contributed by atoms with van der Waals surface area (Å²) in [5, 5.41) is 0. The van der Waals surface area contributed by atoms with Gasteiger partial charge in [-0.1, -0.05) is 48.5 Å². The van der Waals surface area contributed by atoms with Crippen LogP contribution in [0.3, 0.4) is 0 Å². The molecule has 1 aliphatic carbocycles. The maximum atomic E-state index is 14.1. The van der Waals surface area contributed by atoms with Crippen LogP contribution >= 0.6 is 0 Å². The van der Waals surface area contributed by atoms with E-state index in [0.717, 1.165) is 28.3 Å². The zero-order valence-electron chi connectivity index (χ0n) is 20.5. The van der Waals surface area contributed by atoms with Crippen molar-refractivity contribution in [2.45, 2.75) is 37.3 Å². The fourth-order valence-corrected chi connectivity index (χ4v) is 6.18. The van der Waals surface area contributed by atoms with Crippen molar-refractivity contribution in [3.05, 3.63) is 94.8 Å². The summed E-state index contributed by atoms with van der Waals surface area (Å²) in [4.78, 5) is 28.0. The summed E-state index contributed by atoms with van der Waals surface area (Å²) in [5.41, 5.74) is 4.37. The predicted molar refractivity (Wildman–Crippen MR) is 133 cm³/mol. The van der Waals surface area contributed by atoms with Gasteiger partial charge in [0.1, 0.15) is 18.2 Å². The minimum absolute atomic E-state index is 0.0624. The Morgan fingerprint density at radius 2 is 1.42 bits per heavy atom. The minimum atomic E-state index is -1.29. The third-order valence-corrected chi connectivity index (χ3v) is 7.98. The first kappa shape index (κ1) is 24.7. The fraction of sp³-hybridized carbons (Fsp3) is 0.333. The van der Waals surface area contributed by atoms with E-state index in [0.29, 0.717) is 18.9 Å². The molecule has 2 unspecified atom stereocenters. The predicted octanol–water partition coefficient (Wildman–Crippen LogP) is 5.64. The first-order chi connectivity index (χ1) is 18.4. The topological polar surface area (TPSA) is 55.8 Å². The van der Waals surface area contributed by atoms with Gasteiger partial charge in [-0.15, -0.1) is 0 Å². The number of carbonyl (C=O) groups is 2. The van der Waals surface area contributed by atoms with Crippen LogP contribution in [0.15, 0.2) is 60.7 Å². The minimum Gasteiger partial charge on any atom is -0.448 e. The van der Waals surface area contributed by atoms with Crippen molar-refractivity contribution < 1.29 is 32.2 Å². The second kappa shape index (κ2) is 9.91. The number of halogens is 3. The molecule has 2 saturated heterocycles. The summed E-state index contributed by atoms with van der Waals surface area (Å²) < 4.78 is 52.5. The van der Waals surface area contributed by atoms with Crippen molar-refractivity contribution in [1.29, 1.82) is 0 Å². The van der Waals surface area contributed by atoms with Gasteiger partial charge in [-0.2, -0.15) is 0 Å². The lowest BCUT2D eigenvalue weighted by molar-refractivity contribution is -0.130. The number of fused-ring (bicyclic) bond motifs is 5. The molecule has 196 valence electrons. The number of morpholine rings is 1. The molecule has 5 nitrogen and oxygen atoms in total. The van der Waals surface area contributed by atoms with E-state index in [-0.39, 0.29) is 55.6 Å². The largest absolute Gasteiger partial charge is 0.448 e. The average molecular weight is 522 g/mol. The van der Waals surface area contributed by atoms with Crippen molar-refractivity contribution in [3.8, 4) is 11.1 Å². The molecule has 3 aromatic rings. The molecule has 6 rings (SSSR count). The molecule has 2 fully saturated rings. The first-order valence-electron chi connectivity index (χ1n) is 12.8. The molecule has 3 aromatic carbocycles. The summed E-state index contributed by atoms with van der Waals surface area (Å²) in [7, 11) is 0. The van der Waals surface area contributed by atoms with Crippen molar-refractivity contribution >= 4 is 11.9 Å². The van der Waals surface area contributed by atoms with Crippen LogP contribution in [0.25, 0.3) is 11.1 Å². The highest BCUT2D eigenvalue weighted by atomic mass is 19.2. The van der Waals surface area contributed by atoms with Crippen molar-refractivity contribution in [2.24, 2.45) is 5.92 Å². The van der Waals surface area contributed by atoms with Crippen molar-refractivity contribution in [1.82, 2.24) is 4.90 Å². The van der Waals surface area contributed by atoms with Crippen LogP contribution in [0, 0.1) is 23.4 Å². The Bertz CT molecular complexity index is 1350. The summed E-state index contributed by atoms with van der Waals surface area (Å²) in [6, 6.07) is 16.7. The number of carbonyl (C=O) groups excluding carboxylic acids is 2. The number of benzene rings is 3. The van der Waals surface area contributed by atoms with Crippen LogP contribution < -0.4 is 0 Å². The van der Waals surface area contributed by atoms with E-state index in [1.54, 1.807) is 4.90 Å². The first-order valence-corrected chi connectivity index (χ1v) is 12.8. The van der Waals surface area contributed by atoms with Crippen LogP contribution in [0.1, 0.15) is 35.4 Å². The molecule has 2 atom stereocenters. The van der Waals surface area contributed by atoms with E-state index >= 15 is 0 Å². The number of nitrogens with zero attached hydrogens (tertiary/aromatic N) is 1. The number of ether oxygens (including phenoxy) is 2. The standard InChI is InChI=1S/C30H26F3NO4/c31-26-13-28(33)27(32)11-17(26)12-29(35)18-9-19-14-37-15-20(10-18)34(19)30(36)38-16-25-23-7-3-1-5-21(23)22-6-2-4-8-24(22)25/h1-8,11,13,18-20,25H,9-10,12,14-16H2. The highest BCUT2D eigenvalue weighted by Crippen LogP contribution is 2.44. The number of hydrogen-bond donors (Lipinski definition) is 0. The second-order valence-corrected chi connectivity index (χ2v) is 10.2. The van der Waals surface area contributed by atoms with Gasteiger partial charge in [0.25, 0.3) is 0 Å². The van der Waals surface area contributed by atoms with Crippen LogP contribution in [0.2, 0.25) is 0 Å². The number of piperidine rings is 1. The second-order valence-electron chi connectivity index (χ2n) is 10.2. The van der Waals surface area contributed by atoms with Gasteiger partial charge in [0.2, 0.25) is 0 Å². The van der Waals surface area contributed by atoms with E-state index in [9.17, 15) is 22.8 Å². The molecule has 3 aliphatic rings. The Balaban J connectivity index is 1.13. The summed E-state index contributed by atoms with van der Waals surface area (Å²) in [6.45, 7) is 0.732. The van der Waals surface area contributed by atoms with Gasteiger partial charge in [0.05, 0.1) is 25.3 Å². The number of rotatable bonds is 5. The molecule has 0 N–H and O–H groups in total. The van der Waals surface area contributed by atoms with E-state index in [2.05, 4.69) is 24.3 Å². The molecular weight excluding hydrogens is 495 g/mol. The Kier molecular flexibility index (Phi) is 6.43. The number of ketones is 1. The van der Waals surface area contributed by atoms with E-state index < -0.39 is 29.5 Å². The number of hydrogen-bond acceptors (Lipinski definition) is 4. The average Bonchev–Trinajstić information content (AvgIpc) is 3.23. The van der Waals surface area contributed by atoms with Gasteiger partial charge < -0.3 is 9.47 Å². The molecule has 0 spiro atoms. The van der Waals surface area contributed by atoms with Gasteiger partial charge in [0, 0.05) is 24.3 Å². The molecule has 2 heterocycles. The zero-order valence-corrected chi connectivity index (χ0v) is 20.5. The quantitative estimate of drug-likeness (QED) is 0.408. The third-order valence-electron chi connectivity index (χ3n) is 7.98. The molecule has 2 aliphatic heterocycles. The van der Waals surface area contributed by atoms with Gasteiger partial charge in [-0.25, -0.2) is 18.0 Å². The monoisotopic (exact) mass is 521 g/mol. The Morgan fingerprint density at radius 1 is 0.842 bits per heavy atom. The molecule has 2 bridgehead atoms. The smallest absolute Gasteiger partial charge is 0.410 e. The van der Waals surface area contributed by atoms with E-state index in [4.69, 9.17) is 9.47 Å². The van der Waals surface area contributed by atoms with Gasteiger partial charge >= 0.3 is 6.09 Å². The van der Waals surface area contributed by atoms with E-state index in [1.165, 1.54) is 0 Å². The molecule has 0 saturated carbocycles. The van der Waals surface area contributed by atoms with Crippen molar-refractivity contribution in [2.75, 3.05) is 19.8 Å². The van der Waals surface area contributed by atoms with Crippen molar-refractivity contribution in [3.63, 3.8) is 0 Å². The molecular formula is C30H26F3NO4. The van der Waals surface area contributed by atoms with Crippen LogP contribution in [0.4, 0.5) is 18.0 Å². The van der Waals surface area contributed by atoms with Gasteiger partial charge in [0.15, 0.2) is 11.6 Å². The fourth-order valence-electron chi connectivity index (χ4n) is 6.18. The van der Waals surface area contributed by atoms with Crippen LogP contribution in [-0.4, -0.2) is 48.7 Å². The number of Topliss-reactive ketones (excluding diaryl/α,β-unsaturated/α-hetero) is 1. The Labute approximate surface area is 218 Å². The van der Waals surface area contributed by atoms with E-state index in [1.807, 2.05) is 24.3 Å². The normalized spacial score (nSPS) is 22.1. The van der Waals surface area contributed by atoms with Gasteiger partial charge in [-0.05, 0) is 46.7 Å². The maximum Gasteiger partial charge on any atom is 0.410 e. The summed E-state index contributed by atoms with van der Waals surface area (Å²) in [5.74, 6) is -4.20. The molecule has 1 amide bonds.